The standard InChI is InChI=1S/C53H44N4O19S4/c1-24-17-26(3)48(56-77(66,67)42-19-30(50(58)59)11-14-35(42)52(62)63)28(5)46(24)54-32-13-16-33-39(21-32)76-40-23-38(44(80(73,74)75)22-37(40)45(33)34-9-7-8-10-41(34)79(70,71)72)55-47-25(2)18-27(4)49(29(47)6)57-78(68,69)43-20-31(51(60)61)12-15-36(43)53(64)65/h7-23,54,56-57H,1-6H3,(H,58,59)(H,60,61)(H,62,63)(H,64,65)(H,70,71,72)(H,73,74,75). The lowest BCUT2D eigenvalue weighted by molar-refractivity contribution is 0.0677. The topological polar surface area (TPSA) is 388 Å². The van der Waals surface area contributed by atoms with Gasteiger partial charge < -0.3 is 30.2 Å². The zero-order chi connectivity index (χ0) is 58.9. The summed E-state index contributed by atoms with van der Waals surface area (Å²) >= 11 is 0. The van der Waals surface area contributed by atoms with Crippen molar-refractivity contribution in [2.75, 3.05) is 14.8 Å². The van der Waals surface area contributed by atoms with Crippen LogP contribution >= 0.6 is 0 Å². The van der Waals surface area contributed by atoms with Crippen LogP contribution in [0.5, 0.6) is 0 Å². The van der Waals surface area contributed by atoms with Crippen LogP contribution < -0.4 is 20.1 Å². The van der Waals surface area contributed by atoms with Crippen molar-refractivity contribution in [1.29, 1.82) is 0 Å². The lowest BCUT2D eigenvalue weighted by atomic mass is 9.93. The second-order valence-electron chi connectivity index (χ2n) is 18.3. The molecular formula is C53H44N4O19S4. The zero-order valence-corrected chi connectivity index (χ0v) is 45.7. The van der Waals surface area contributed by atoms with Gasteiger partial charge in [-0.15, -0.1) is 0 Å². The van der Waals surface area contributed by atoms with Crippen LogP contribution in [-0.2, 0) is 40.3 Å². The molecule has 1 aliphatic heterocycles. The number of hydrogen-bond donors (Lipinski definition) is 9. The molecule has 0 spiro atoms. The predicted octanol–water partition coefficient (Wildman–Crippen LogP) is 8.92. The summed E-state index contributed by atoms with van der Waals surface area (Å²) < 4.78 is 141. The summed E-state index contributed by atoms with van der Waals surface area (Å²) in [5.41, 5.74) is -0.583. The Labute approximate surface area is 455 Å². The Hall–Kier alpha value is -8.99. The number of sulfonamides is 2. The molecule has 2 aliphatic rings. The van der Waals surface area contributed by atoms with Gasteiger partial charge in [-0.1, -0.05) is 30.3 Å². The van der Waals surface area contributed by atoms with Crippen molar-refractivity contribution < 1.29 is 86.8 Å². The first-order valence-electron chi connectivity index (χ1n) is 23.1. The Kier molecular flexibility index (Phi) is 14.8. The molecule has 0 saturated carbocycles. The van der Waals surface area contributed by atoms with Gasteiger partial charge in [0.1, 0.15) is 30.9 Å². The molecule has 27 heteroatoms. The van der Waals surface area contributed by atoms with E-state index in [9.17, 15) is 82.4 Å². The monoisotopic (exact) mass is 1170 g/mol. The summed E-state index contributed by atoms with van der Waals surface area (Å²) in [5, 5.41) is 41.6. The van der Waals surface area contributed by atoms with Crippen molar-refractivity contribution in [3.8, 4) is 22.5 Å². The Morgan fingerprint density at radius 2 is 0.988 bits per heavy atom. The second-order valence-corrected chi connectivity index (χ2v) is 24.4. The van der Waals surface area contributed by atoms with Gasteiger partial charge in [0.05, 0.1) is 44.7 Å². The lowest BCUT2D eigenvalue weighted by Crippen LogP contribution is -2.19. The normalized spacial score (nSPS) is 12.4. The number of aryl methyl sites for hydroxylation is 4. The van der Waals surface area contributed by atoms with Crippen molar-refractivity contribution in [1.82, 2.24) is 0 Å². The van der Waals surface area contributed by atoms with Gasteiger partial charge >= 0.3 is 23.9 Å². The number of hydrogen-bond acceptors (Lipinski definition) is 15. The van der Waals surface area contributed by atoms with E-state index in [0.717, 1.165) is 48.5 Å². The van der Waals surface area contributed by atoms with Crippen LogP contribution in [0.15, 0.2) is 132 Å². The SMILES string of the molecule is Cc1cc(C)c(NS(=O)(=O)c2cc(C(=O)O)ccc2C(=O)O)c(C)c1N=c1cc2oc3cc(Nc4c(C)cc(C)c(NS(=O)(=O)c5cc(C(=O)O)ccc5C(=O)O)c4C)ccc3c(-c3ccccc3S(=O)(=O)O)c-2cc1S(=O)(=O)O. The fourth-order valence-electron chi connectivity index (χ4n) is 9.26. The average molecular weight is 1170 g/mol. The van der Waals surface area contributed by atoms with Crippen LogP contribution in [0.4, 0.5) is 28.4 Å². The first-order valence-corrected chi connectivity index (χ1v) is 28.9. The summed E-state index contributed by atoms with van der Waals surface area (Å²) in [4.78, 5) is 49.2. The Bertz CT molecular complexity index is 4570. The van der Waals surface area contributed by atoms with Gasteiger partial charge in [0.2, 0.25) is 0 Å². The number of carboxylic acids is 4. The molecule has 6 aromatic rings. The molecule has 414 valence electrons. The summed E-state index contributed by atoms with van der Waals surface area (Å²) in [6.45, 7) is 9.28. The average Bonchev–Trinajstić information content (AvgIpc) is 3.37. The van der Waals surface area contributed by atoms with Crippen molar-refractivity contribution in [3.63, 3.8) is 0 Å². The van der Waals surface area contributed by atoms with E-state index in [1.165, 1.54) is 56.3 Å². The third-order valence-electron chi connectivity index (χ3n) is 12.9. The highest BCUT2D eigenvalue weighted by atomic mass is 32.2. The molecule has 0 unspecified atom stereocenters. The van der Waals surface area contributed by atoms with Gasteiger partial charge in [-0.3, -0.25) is 18.5 Å². The highest BCUT2D eigenvalue weighted by Gasteiger charge is 2.31. The molecule has 0 radical (unpaired) electrons. The van der Waals surface area contributed by atoms with Crippen LogP contribution in [0.3, 0.4) is 0 Å². The van der Waals surface area contributed by atoms with Gasteiger partial charge in [-0.25, -0.2) is 41.0 Å². The quantitative estimate of drug-likeness (QED) is 0.0322. The molecule has 0 aromatic heterocycles. The van der Waals surface area contributed by atoms with Crippen LogP contribution in [0, 0.1) is 41.5 Å². The molecule has 9 N–H and O–H groups in total. The largest absolute Gasteiger partial charge is 0.478 e. The number of fused-ring (bicyclic) bond motifs is 2. The van der Waals surface area contributed by atoms with Crippen molar-refractivity contribution >= 4 is 104 Å². The van der Waals surface area contributed by atoms with Gasteiger partial charge in [-0.05, 0) is 136 Å². The smallest absolute Gasteiger partial charge is 0.337 e. The predicted molar refractivity (Wildman–Crippen MR) is 290 cm³/mol. The minimum absolute atomic E-state index is 0.00286. The Morgan fingerprint density at radius 3 is 1.50 bits per heavy atom. The molecule has 23 nitrogen and oxygen atoms in total. The second kappa shape index (κ2) is 20.7. The van der Waals surface area contributed by atoms with Crippen LogP contribution in [0.1, 0.15) is 74.8 Å². The van der Waals surface area contributed by atoms with Crippen molar-refractivity contribution in [3.05, 3.63) is 164 Å². The molecule has 0 atom stereocenters. The minimum Gasteiger partial charge on any atom is -0.478 e. The third kappa shape index (κ3) is 10.9. The number of anilines is 4. The molecule has 0 amide bonds. The number of carboxylic acid groups (broad SMARTS) is 4. The molecule has 80 heavy (non-hydrogen) atoms. The maximum absolute atomic E-state index is 13.9. The minimum atomic E-state index is -5.28. The number of carbonyl (C=O) groups is 4. The third-order valence-corrected chi connectivity index (χ3v) is 17.5. The summed E-state index contributed by atoms with van der Waals surface area (Å²) in [7, 11) is -20.0. The van der Waals surface area contributed by atoms with Crippen molar-refractivity contribution in [2.45, 2.75) is 61.1 Å². The number of rotatable bonds is 16. The molecule has 1 heterocycles. The Balaban J connectivity index is 1.33. The lowest BCUT2D eigenvalue weighted by Gasteiger charge is -2.21. The highest BCUT2D eigenvalue weighted by Crippen LogP contribution is 2.45. The van der Waals surface area contributed by atoms with E-state index >= 15 is 0 Å². The van der Waals surface area contributed by atoms with Crippen LogP contribution in [0.2, 0.25) is 0 Å². The summed E-state index contributed by atoms with van der Waals surface area (Å²) in [6.07, 6.45) is 0. The maximum Gasteiger partial charge on any atom is 0.337 e. The number of nitrogens with one attached hydrogen (secondary N) is 3. The molecule has 8 rings (SSSR count). The molecule has 0 fully saturated rings. The first kappa shape index (κ1) is 57.2. The van der Waals surface area contributed by atoms with E-state index in [1.807, 2.05) is 0 Å². The van der Waals surface area contributed by atoms with E-state index in [2.05, 4.69) is 19.8 Å². The van der Waals surface area contributed by atoms with Gasteiger partial charge in [0, 0.05) is 45.6 Å². The Morgan fingerprint density at radius 1 is 0.487 bits per heavy atom. The van der Waals surface area contributed by atoms with E-state index in [1.54, 1.807) is 33.8 Å². The fraction of sp³-hybridized carbons (Fsp3) is 0.113. The highest BCUT2D eigenvalue weighted by molar-refractivity contribution is 7.93. The summed E-state index contributed by atoms with van der Waals surface area (Å²) in [6, 6.07) is 19.7. The number of benzene rings is 7. The number of nitrogens with zero attached hydrogens (tertiary/aromatic N) is 1. The molecule has 0 bridgehead atoms. The summed E-state index contributed by atoms with van der Waals surface area (Å²) in [5.74, 6) is -6.56. The first-order chi connectivity index (χ1) is 37.2. The molecule has 6 aromatic carbocycles. The molecule has 0 saturated heterocycles. The van der Waals surface area contributed by atoms with E-state index < -0.39 is 111 Å². The van der Waals surface area contributed by atoms with E-state index in [0.29, 0.717) is 28.4 Å². The fourth-order valence-corrected chi connectivity index (χ4v) is 13.4. The van der Waals surface area contributed by atoms with Gasteiger partial charge in [0.25, 0.3) is 40.3 Å². The van der Waals surface area contributed by atoms with Gasteiger partial charge in [-0.2, -0.15) is 16.8 Å². The van der Waals surface area contributed by atoms with E-state index in [4.69, 9.17) is 4.42 Å². The van der Waals surface area contributed by atoms with Crippen LogP contribution in [0.25, 0.3) is 33.4 Å². The molecule has 1 aliphatic carbocycles. The maximum atomic E-state index is 13.9. The zero-order valence-electron chi connectivity index (χ0n) is 42.4. The molecular weight excluding hydrogens is 1120 g/mol. The van der Waals surface area contributed by atoms with E-state index in [-0.39, 0.29) is 72.9 Å². The number of aromatic carboxylic acids is 4. The van der Waals surface area contributed by atoms with Crippen molar-refractivity contribution in [2.24, 2.45) is 4.99 Å². The van der Waals surface area contributed by atoms with Gasteiger partial charge in [0.15, 0.2) is 0 Å². The van der Waals surface area contributed by atoms with Crippen LogP contribution in [-0.4, -0.2) is 87.1 Å².